The number of nitrogens with zero attached hydrogens (tertiary/aromatic N) is 3. The van der Waals surface area contributed by atoms with Crippen LogP contribution in [-0.4, -0.2) is 22.8 Å². The van der Waals surface area contributed by atoms with E-state index in [9.17, 15) is 0 Å². The highest BCUT2D eigenvalue weighted by Crippen LogP contribution is 2.39. The van der Waals surface area contributed by atoms with Gasteiger partial charge in [0.15, 0.2) is 5.82 Å². The summed E-state index contributed by atoms with van der Waals surface area (Å²) in [5.41, 5.74) is 0. The maximum absolute atomic E-state index is 4.16. The van der Waals surface area contributed by atoms with Gasteiger partial charge in [0.1, 0.15) is 0 Å². The topological polar surface area (TPSA) is 29.0 Å². The van der Waals surface area contributed by atoms with E-state index in [0.29, 0.717) is 0 Å². The lowest BCUT2D eigenvalue weighted by molar-refractivity contribution is 0.549. The molecule has 3 rings (SSSR count). The molecule has 0 aromatic carbocycles. The van der Waals surface area contributed by atoms with Gasteiger partial charge in [0.25, 0.3) is 0 Å². The van der Waals surface area contributed by atoms with Crippen molar-refractivity contribution in [2.24, 2.45) is 5.92 Å². The van der Waals surface area contributed by atoms with Crippen LogP contribution in [0.1, 0.15) is 19.3 Å². The Bertz CT molecular complexity index is 298. The molecule has 2 heterocycles. The molecular formula is C10H13N3. The molecule has 3 heteroatoms. The normalized spacial score (nSPS) is 31.2. The summed E-state index contributed by atoms with van der Waals surface area (Å²) in [5.74, 6) is 1.99. The van der Waals surface area contributed by atoms with Crippen molar-refractivity contribution in [3.63, 3.8) is 0 Å². The highest BCUT2D eigenvalue weighted by atomic mass is 15.3. The molecule has 2 aliphatic rings. The molecule has 1 aliphatic heterocycles. The molecule has 2 atom stereocenters. The Labute approximate surface area is 77.8 Å². The van der Waals surface area contributed by atoms with Gasteiger partial charge >= 0.3 is 0 Å². The second-order valence-corrected chi connectivity index (χ2v) is 4.07. The lowest BCUT2D eigenvalue weighted by Crippen LogP contribution is -2.32. The number of fused-ring (bicyclic) bond motifs is 2. The highest BCUT2D eigenvalue weighted by molar-refractivity contribution is 5.40. The summed E-state index contributed by atoms with van der Waals surface area (Å²) in [6.45, 7) is 1.20. The first-order chi connectivity index (χ1) is 6.43. The van der Waals surface area contributed by atoms with Crippen LogP contribution in [-0.2, 0) is 0 Å². The van der Waals surface area contributed by atoms with E-state index in [0.717, 1.165) is 17.8 Å². The van der Waals surface area contributed by atoms with Crippen molar-refractivity contribution < 1.29 is 0 Å². The number of anilines is 1. The Morgan fingerprint density at radius 2 is 2.38 bits per heavy atom. The predicted molar refractivity (Wildman–Crippen MR) is 50.5 cm³/mol. The molecule has 0 N–H and O–H groups in total. The van der Waals surface area contributed by atoms with Crippen LogP contribution >= 0.6 is 0 Å². The van der Waals surface area contributed by atoms with Crippen molar-refractivity contribution >= 4 is 5.82 Å². The first kappa shape index (κ1) is 7.30. The molecule has 1 saturated heterocycles. The van der Waals surface area contributed by atoms with Crippen LogP contribution in [0.3, 0.4) is 0 Å². The number of hydrogen-bond acceptors (Lipinski definition) is 3. The maximum atomic E-state index is 4.16. The fourth-order valence-electron chi connectivity index (χ4n) is 2.65. The predicted octanol–water partition coefficient (Wildman–Crippen LogP) is 1.47. The molecule has 13 heavy (non-hydrogen) atoms. The van der Waals surface area contributed by atoms with Gasteiger partial charge in [-0.25, -0.2) is 0 Å². The van der Waals surface area contributed by atoms with E-state index in [1.165, 1.54) is 25.8 Å². The summed E-state index contributed by atoms with van der Waals surface area (Å²) in [6.07, 6.45) is 5.87. The van der Waals surface area contributed by atoms with Crippen molar-refractivity contribution in [3.05, 3.63) is 18.3 Å². The minimum Gasteiger partial charge on any atom is -0.352 e. The van der Waals surface area contributed by atoms with Crippen molar-refractivity contribution in [2.75, 3.05) is 11.4 Å². The molecule has 2 bridgehead atoms. The second-order valence-electron chi connectivity index (χ2n) is 4.07. The zero-order valence-electron chi connectivity index (χ0n) is 7.56. The van der Waals surface area contributed by atoms with Gasteiger partial charge in [-0.1, -0.05) is 0 Å². The van der Waals surface area contributed by atoms with E-state index < -0.39 is 0 Å². The summed E-state index contributed by atoms with van der Waals surface area (Å²) in [4.78, 5) is 2.42. The Balaban J connectivity index is 1.87. The van der Waals surface area contributed by atoms with Crippen LogP contribution < -0.4 is 4.90 Å². The monoisotopic (exact) mass is 175 g/mol. The second kappa shape index (κ2) is 2.69. The van der Waals surface area contributed by atoms with Crippen LogP contribution in [0.2, 0.25) is 0 Å². The lowest BCUT2D eigenvalue weighted by Gasteiger charge is -2.27. The van der Waals surface area contributed by atoms with Crippen molar-refractivity contribution in [1.29, 1.82) is 0 Å². The summed E-state index contributed by atoms with van der Waals surface area (Å²) >= 11 is 0. The van der Waals surface area contributed by atoms with E-state index in [1.54, 1.807) is 6.20 Å². The van der Waals surface area contributed by atoms with E-state index in [4.69, 9.17) is 0 Å². The van der Waals surface area contributed by atoms with Crippen molar-refractivity contribution in [3.8, 4) is 0 Å². The number of aromatic nitrogens is 2. The Morgan fingerprint density at radius 1 is 1.38 bits per heavy atom. The Morgan fingerprint density at radius 3 is 3.00 bits per heavy atom. The van der Waals surface area contributed by atoms with Gasteiger partial charge in [-0.15, -0.1) is 5.10 Å². The third-order valence-electron chi connectivity index (χ3n) is 3.26. The standard InChI is InChI=1S/C10H13N3/c1-2-10(12-11-5-1)13-7-8-3-4-9(13)6-8/h1-2,5,8-9H,3-4,6-7H2. The fourth-order valence-corrected chi connectivity index (χ4v) is 2.65. The molecule has 1 aromatic rings. The average Bonchev–Trinajstić information content (AvgIpc) is 2.80. The van der Waals surface area contributed by atoms with Gasteiger partial charge in [0.2, 0.25) is 0 Å². The first-order valence-corrected chi connectivity index (χ1v) is 4.98. The summed E-state index contributed by atoms with van der Waals surface area (Å²) in [7, 11) is 0. The highest BCUT2D eigenvalue weighted by Gasteiger charge is 2.38. The maximum Gasteiger partial charge on any atom is 0.151 e. The summed E-state index contributed by atoms with van der Waals surface area (Å²) in [5, 5.41) is 8.08. The van der Waals surface area contributed by atoms with Crippen LogP contribution in [0.5, 0.6) is 0 Å². The molecule has 1 aliphatic carbocycles. The van der Waals surface area contributed by atoms with Gasteiger partial charge in [-0.2, -0.15) is 5.10 Å². The van der Waals surface area contributed by atoms with Crippen LogP contribution in [0.15, 0.2) is 18.3 Å². The minimum atomic E-state index is 0.752. The molecule has 1 saturated carbocycles. The van der Waals surface area contributed by atoms with Gasteiger partial charge < -0.3 is 4.90 Å². The van der Waals surface area contributed by atoms with E-state index in [-0.39, 0.29) is 0 Å². The van der Waals surface area contributed by atoms with Gasteiger partial charge in [-0.3, -0.25) is 0 Å². The number of hydrogen-bond donors (Lipinski definition) is 0. The number of rotatable bonds is 1. The van der Waals surface area contributed by atoms with Crippen LogP contribution in [0.4, 0.5) is 5.82 Å². The molecule has 1 aromatic heterocycles. The minimum absolute atomic E-state index is 0.752. The van der Waals surface area contributed by atoms with E-state index in [2.05, 4.69) is 21.2 Å². The average molecular weight is 175 g/mol. The molecule has 0 radical (unpaired) electrons. The molecule has 3 nitrogen and oxygen atoms in total. The molecule has 0 amide bonds. The quantitative estimate of drug-likeness (QED) is 0.647. The van der Waals surface area contributed by atoms with Gasteiger partial charge in [-0.05, 0) is 37.3 Å². The van der Waals surface area contributed by atoms with E-state index >= 15 is 0 Å². The lowest BCUT2D eigenvalue weighted by atomic mass is 10.1. The molecular weight excluding hydrogens is 162 g/mol. The van der Waals surface area contributed by atoms with Crippen LogP contribution in [0, 0.1) is 5.92 Å². The number of piperidine rings is 1. The molecule has 2 unspecified atom stereocenters. The van der Waals surface area contributed by atoms with Crippen molar-refractivity contribution in [2.45, 2.75) is 25.3 Å². The SMILES string of the molecule is c1cnnc(N2CC3CCC2C3)c1. The van der Waals surface area contributed by atoms with Gasteiger partial charge in [0.05, 0.1) is 0 Å². The third-order valence-corrected chi connectivity index (χ3v) is 3.26. The smallest absolute Gasteiger partial charge is 0.151 e. The molecule has 68 valence electrons. The summed E-state index contributed by atoms with van der Waals surface area (Å²) < 4.78 is 0. The Kier molecular flexibility index (Phi) is 1.51. The Hall–Kier alpha value is -1.12. The zero-order valence-corrected chi connectivity index (χ0v) is 7.56. The molecule has 0 spiro atoms. The largest absolute Gasteiger partial charge is 0.352 e. The van der Waals surface area contributed by atoms with Crippen molar-refractivity contribution in [1.82, 2.24) is 10.2 Å². The van der Waals surface area contributed by atoms with Crippen LogP contribution in [0.25, 0.3) is 0 Å². The zero-order chi connectivity index (χ0) is 8.67. The first-order valence-electron chi connectivity index (χ1n) is 4.98. The van der Waals surface area contributed by atoms with E-state index in [1.807, 2.05) is 6.07 Å². The fraction of sp³-hybridized carbons (Fsp3) is 0.600. The third kappa shape index (κ3) is 1.10. The summed E-state index contributed by atoms with van der Waals surface area (Å²) in [6, 6.07) is 4.78. The molecule has 2 fully saturated rings. The van der Waals surface area contributed by atoms with Gasteiger partial charge in [0, 0.05) is 18.8 Å².